The third-order valence-corrected chi connectivity index (χ3v) is 5.33. The molecule has 1 fully saturated rings. The lowest BCUT2D eigenvalue weighted by Crippen LogP contribution is -2.38. The molecule has 0 atom stereocenters. The molecule has 2 aliphatic rings. The molecule has 0 spiro atoms. The number of fused-ring (bicyclic) bond motifs is 1. The lowest BCUT2D eigenvalue weighted by Gasteiger charge is -2.32. The van der Waals surface area contributed by atoms with Crippen LogP contribution in [0.5, 0.6) is 0 Å². The molecule has 0 aliphatic carbocycles. The molecule has 0 unspecified atom stereocenters. The zero-order valence-electron chi connectivity index (χ0n) is 15.5. The second-order valence-corrected chi connectivity index (χ2v) is 7.18. The Morgan fingerprint density at radius 3 is 2.62 bits per heavy atom. The first-order valence-corrected chi connectivity index (χ1v) is 9.34. The monoisotopic (exact) mass is 398 g/mol. The fraction of sp³-hybridized carbons (Fsp3) is 0.238. The van der Waals surface area contributed by atoms with Gasteiger partial charge in [0.25, 0.3) is 5.91 Å². The smallest absolute Gasteiger partial charge is 0.257 e. The van der Waals surface area contributed by atoms with Crippen molar-refractivity contribution in [2.75, 3.05) is 28.6 Å². The minimum absolute atomic E-state index is 0.157. The number of carbonyl (C=O) groups is 2. The van der Waals surface area contributed by atoms with Gasteiger partial charge in [-0.15, -0.1) is 0 Å². The van der Waals surface area contributed by atoms with E-state index in [4.69, 9.17) is 5.73 Å². The zero-order valence-corrected chi connectivity index (χ0v) is 15.5. The van der Waals surface area contributed by atoms with Crippen molar-refractivity contribution in [1.82, 2.24) is 0 Å². The Morgan fingerprint density at radius 1 is 1.17 bits per heavy atom. The van der Waals surface area contributed by atoms with Crippen LogP contribution in [0.1, 0.15) is 18.4 Å². The highest BCUT2D eigenvalue weighted by Crippen LogP contribution is 2.32. The van der Waals surface area contributed by atoms with Crippen molar-refractivity contribution in [3.05, 3.63) is 59.8 Å². The number of carbonyl (C=O) groups excluding carboxylic acids is 2. The van der Waals surface area contributed by atoms with Gasteiger partial charge in [-0.3, -0.25) is 9.59 Å². The average molecular weight is 398 g/mol. The van der Waals surface area contributed by atoms with E-state index in [9.17, 15) is 18.4 Å². The number of nitrogens with two attached hydrogens (primary N) is 1. The molecule has 6 nitrogen and oxygen atoms in total. The molecule has 0 aromatic heterocycles. The quantitative estimate of drug-likeness (QED) is 0.691. The highest BCUT2D eigenvalue weighted by Gasteiger charge is 2.26. The van der Waals surface area contributed by atoms with Crippen molar-refractivity contribution in [1.29, 1.82) is 0 Å². The Labute approximate surface area is 166 Å². The highest BCUT2D eigenvalue weighted by atomic mass is 19.1. The maximum Gasteiger partial charge on any atom is 0.257 e. The van der Waals surface area contributed by atoms with Crippen LogP contribution < -0.4 is 21.3 Å². The Hall–Kier alpha value is -3.42. The molecule has 29 heavy (non-hydrogen) atoms. The van der Waals surface area contributed by atoms with Crippen LogP contribution in [0.25, 0.3) is 5.57 Å². The van der Waals surface area contributed by atoms with Crippen LogP contribution in [0.15, 0.2) is 42.6 Å². The normalized spacial score (nSPS) is 17.9. The number of nitrogens with zero attached hydrogens (tertiary/aromatic N) is 1. The summed E-state index contributed by atoms with van der Waals surface area (Å²) in [6.45, 7) is 1.13. The summed E-state index contributed by atoms with van der Waals surface area (Å²) in [4.78, 5) is 25.3. The van der Waals surface area contributed by atoms with Crippen LogP contribution in [-0.2, 0) is 9.59 Å². The summed E-state index contributed by atoms with van der Waals surface area (Å²) in [7, 11) is 0. The summed E-state index contributed by atoms with van der Waals surface area (Å²) in [6, 6.07) is 8.79. The fourth-order valence-electron chi connectivity index (χ4n) is 3.72. The fourth-order valence-corrected chi connectivity index (χ4v) is 3.72. The Balaban J connectivity index is 1.48. The van der Waals surface area contributed by atoms with Gasteiger partial charge in [-0.05, 0) is 49.2 Å². The summed E-state index contributed by atoms with van der Waals surface area (Å²) in [5, 5.41) is 5.53. The maximum absolute atomic E-state index is 14.6. The van der Waals surface area contributed by atoms with E-state index in [1.54, 1.807) is 12.1 Å². The molecule has 2 aromatic rings. The second-order valence-electron chi connectivity index (χ2n) is 7.18. The van der Waals surface area contributed by atoms with E-state index in [1.807, 2.05) is 4.90 Å². The van der Waals surface area contributed by atoms with Gasteiger partial charge in [-0.2, -0.15) is 0 Å². The van der Waals surface area contributed by atoms with Crippen molar-refractivity contribution >= 4 is 34.4 Å². The Morgan fingerprint density at radius 2 is 1.93 bits per heavy atom. The maximum atomic E-state index is 14.6. The largest absolute Gasteiger partial charge is 0.369 e. The molecule has 1 saturated heterocycles. The van der Waals surface area contributed by atoms with Crippen molar-refractivity contribution in [2.24, 2.45) is 11.7 Å². The zero-order chi connectivity index (χ0) is 20.5. The van der Waals surface area contributed by atoms with E-state index in [-0.39, 0.29) is 17.7 Å². The Bertz CT molecular complexity index is 1010. The van der Waals surface area contributed by atoms with Crippen LogP contribution >= 0.6 is 0 Å². The number of nitrogens with one attached hydrogen (secondary N) is 2. The summed E-state index contributed by atoms with van der Waals surface area (Å²) in [5.74, 6) is -1.65. The summed E-state index contributed by atoms with van der Waals surface area (Å²) in [6.07, 6.45) is 2.69. The van der Waals surface area contributed by atoms with Gasteiger partial charge in [0.2, 0.25) is 5.91 Å². The molecule has 150 valence electrons. The highest BCUT2D eigenvalue weighted by molar-refractivity contribution is 6.31. The summed E-state index contributed by atoms with van der Waals surface area (Å²) >= 11 is 0. The van der Waals surface area contributed by atoms with Crippen molar-refractivity contribution in [3.63, 3.8) is 0 Å². The van der Waals surface area contributed by atoms with Crippen molar-refractivity contribution in [3.8, 4) is 0 Å². The minimum atomic E-state index is -0.434. The number of amides is 2. The van der Waals surface area contributed by atoms with Crippen LogP contribution in [-0.4, -0.2) is 24.9 Å². The Kier molecular flexibility index (Phi) is 4.92. The van der Waals surface area contributed by atoms with Crippen LogP contribution in [0, 0.1) is 17.6 Å². The van der Waals surface area contributed by atoms with Gasteiger partial charge in [-0.1, -0.05) is 0 Å². The van der Waals surface area contributed by atoms with E-state index in [0.29, 0.717) is 54.1 Å². The molecular formula is C21H20F2N4O2. The van der Waals surface area contributed by atoms with Crippen molar-refractivity contribution < 1.29 is 18.4 Å². The second kappa shape index (κ2) is 7.54. The van der Waals surface area contributed by atoms with E-state index in [1.165, 1.54) is 30.5 Å². The molecule has 2 amide bonds. The van der Waals surface area contributed by atoms with Gasteiger partial charge in [0, 0.05) is 36.5 Å². The van der Waals surface area contributed by atoms with Crippen LogP contribution in [0.3, 0.4) is 0 Å². The van der Waals surface area contributed by atoms with Gasteiger partial charge in [0.05, 0.1) is 16.9 Å². The van der Waals surface area contributed by atoms with Gasteiger partial charge < -0.3 is 21.3 Å². The third kappa shape index (κ3) is 3.78. The number of anilines is 3. The van der Waals surface area contributed by atoms with Gasteiger partial charge in [0.15, 0.2) is 0 Å². The summed E-state index contributed by atoms with van der Waals surface area (Å²) < 4.78 is 27.9. The average Bonchev–Trinajstić information content (AvgIpc) is 3.00. The first kappa shape index (κ1) is 18.9. The first-order valence-electron chi connectivity index (χ1n) is 9.34. The predicted octanol–water partition coefficient (Wildman–Crippen LogP) is 3.07. The molecule has 0 radical (unpaired) electrons. The molecule has 0 saturated carbocycles. The molecular weight excluding hydrogens is 378 g/mol. The molecule has 4 N–H and O–H groups in total. The SMILES string of the molecule is NC(=O)C1CCN(c2ccc(N/C=C3\C(=O)Nc4cc(F)ccc43)cc2F)CC1. The van der Waals surface area contributed by atoms with Crippen LogP contribution in [0.4, 0.5) is 25.8 Å². The third-order valence-electron chi connectivity index (χ3n) is 5.33. The number of rotatable bonds is 4. The minimum Gasteiger partial charge on any atom is -0.369 e. The number of halogens is 2. The molecule has 2 heterocycles. The van der Waals surface area contributed by atoms with Crippen LogP contribution in [0.2, 0.25) is 0 Å². The van der Waals surface area contributed by atoms with Gasteiger partial charge in [-0.25, -0.2) is 8.78 Å². The molecule has 0 bridgehead atoms. The van der Waals surface area contributed by atoms with E-state index < -0.39 is 11.6 Å². The number of hydrogen-bond donors (Lipinski definition) is 3. The van der Waals surface area contributed by atoms with Gasteiger partial charge in [0.1, 0.15) is 11.6 Å². The van der Waals surface area contributed by atoms with E-state index in [2.05, 4.69) is 10.6 Å². The number of primary amides is 1. The molecule has 2 aliphatic heterocycles. The number of hydrogen-bond acceptors (Lipinski definition) is 4. The number of benzene rings is 2. The molecule has 4 rings (SSSR count). The van der Waals surface area contributed by atoms with E-state index >= 15 is 0 Å². The lowest BCUT2D eigenvalue weighted by atomic mass is 9.96. The molecule has 8 heteroatoms. The van der Waals surface area contributed by atoms with E-state index in [0.717, 1.165) is 0 Å². The number of piperidine rings is 1. The molecule has 2 aromatic carbocycles. The lowest BCUT2D eigenvalue weighted by molar-refractivity contribution is -0.122. The summed E-state index contributed by atoms with van der Waals surface area (Å²) in [5.41, 5.74) is 7.62. The van der Waals surface area contributed by atoms with Gasteiger partial charge >= 0.3 is 0 Å². The topological polar surface area (TPSA) is 87.5 Å². The van der Waals surface area contributed by atoms with Crippen molar-refractivity contribution in [2.45, 2.75) is 12.8 Å². The first-order chi connectivity index (χ1) is 13.9. The predicted molar refractivity (Wildman–Crippen MR) is 107 cm³/mol. The standard InChI is InChI=1S/C21H20F2N4O2/c22-13-1-3-15-16(21(29)26-18(15)9-13)11-25-14-2-4-19(17(23)10-14)27-7-5-12(6-8-27)20(24)28/h1-4,9-12,25H,5-8H2,(H2,24,28)(H,26,29)/b16-11-.